The zero-order chi connectivity index (χ0) is 23.3. The van der Waals surface area contributed by atoms with Crippen molar-refractivity contribution in [1.82, 2.24) is 10.3 Å². The standard InChI is InChI=1S/C22H27F2N5O3/c1-14(15-4-3-5-16(10-15)22(23,24)13-30)28-20(25)17-11-19(29-6-8-32-9-7-29)27-12-18(17)21(31)26-2/h3-5,10-12,14,30H,6-9,13H2,1-2H3,(H2,25,28)(H,26,31)/t14-/m1/s1. The maximum absolute atomic E-state index is 13.9. The molecule has 1 saturated heterocycles. The maximum Gasteiger partial charge on any atom is 0.295 e. The van der Waals surface area contributed by atoms with Crippen LogP contribution in [0.4, 0.5) is 14.6 Å². The van der Waals surface area contributed by atoms with Crippen molar-refractivity contribution in [3.05, 3.63) is 58.8 Å². The van der Waals surface area contributed by atoms with E-state index in [0.29, 0.717) is 43.2 Å². The maximum atomic E-state index is 13.9. The molecule has 0 spiro atoms. The van der Waals surface area contributed by atoms with Crippen LogP contribution >= 0.6 is 0 Å². The van der Waals surface area contributed by atoms with Crippen LogP contribution in [0.3, 0.4) is 0 Å². The fourth-order valence-electron chi connectivity index (χ4n) is 3.41. The number of carbonyl (C=O) groups is 1. The van der Waals surface area contributed by atoms with Crippen LogP contribution in [0.15, 0.2) is 41.5 Å². The number of aliphatic hydroxyl groups excluding tert-OH is 1. The fourth-order valence-corrected chi connectivity index (χ4v) is 3.41. The lowest BCUT2D eigenvalue weighted by molar-refractivity contribution is -0.0556. The Balaban J connectivity index is 1.96. The van der Waals surface area contributed by atoms with Gasteiger partial charge in [-0.3, -0.25) is 9.79 Å². The van der Waals surface area contributed by atoms with Gasteiger partial charge in [0.15, 0.2) is 0 Å². The van der Waals surface area contributed by atoms with Gasteiger partial charge in [0.25, 0.3) is 11.8 Å². The number of nitrogens with zero attached hydrogens (tertiary/aromatic N) is 3. The zero-order valence-corrected chi connectivity index (χ0v) is 18.0. The summed E-state index contributed by atoms with van der Waals surface area (Å²) >= 11 is 0. The van der Waals surface area contributed by atoms with Gasteiger partial charge in [-0.25, -0.2) is 4.98 Å². The molecule has 3 rings (SSSR count). The van der Waals surface area contributed by atoms with E-state index < -0.39 is 18.6 Å². The third-order valence-corrected chi connectivity index (χ3v) is 5.29. The lowest BCUT2D eigenvalue weighted by atomic mass is 10.0. The average Bonchev–Trinajstić information content (AvgIpc) is 2.83. The smallest absolute Gasteiger partial charge is 0.295 e. The second-order valence-corrected chi connectivity index (χ2v) is 7.44. The van der Waals surface area contributed by atoms with E-state index in [1.807, 2.05) is 4.90 Å². The summed E-state index contributed by atoms with van der Waals surface area (Å²) in [7, 11) is 1.50. The van der Waals surface area contributed by atoms with E-state index in [2.05, 4.69) is 15.3 Å². The van der Waals surface area contributed by atoms with Gasteiger partial charge in [0, 0.05) is 37.5 Å². The summed E-state index contributed by atoms with van der Waals surface area (Å²) in [5.41, 5.74) is 7.15. The number of aliphatic imine (C=N–C) groups is 1. The molecule has 1 fully saturated rings. The van der Waals surface area contributed by atoms with Crippen LogP contribution in [0.25, 0.3) is 0 Å². The van der Waals surface area contributed by atoms with E-state index in [-0.39, 0.29) is 22.9 Å². The average molecular weight is 447 g/mol. The fraction of sp³-hybridized carbons (Fsp3) is 0.409. The van der Waals surface area contributed by atoms with E-state index in [9.17, 15) is 13.6 Å². The highest BCUT2D eigenvalue weighted by Gasteiger charge is 2.30. The van der Waals surface area contributed by atoms with Gasteiger partial charge in [0.05, 0.1) is 24.8 Å². The molecule has 4 N–H and O–H groups in total. The summed E-state index contributed by atoms with van der Waals surface area (Å²) in [5, 5.41) is 11.5. The molecule has 32 heavy (non-hydrogen) atoms. The number of aromatic nitrogens is 1. The Morgan fingerprint density at radius 2 is 2.06 bits per heavy atom. The topological polar surface area (TPSA) is 113 Å². The number of nitrogens with two attached hydrogens (primary N) is 1. The largest absolute Gasteiger partial charge is 0.390 e. The number of carbonyl (C=O) groups excluding carboxylic acids is 1. The first kappa shape index (κ1) is 23.6. The van der Waals surface area contributed by atoms with Crippen molar-refractivity contribution >= 4 is 17.6 Å². The minimum Gasteiger partial charge on any atom is -0.390 e. The van der Waals surface area contributed by atoms with Gasteiger partial charge in [-0.15, -0.1) is 0 Å². The Hall–Kier alpha value is -3.11. The highest BCUT2D eigenvalue weighted by molar-refractivity contribution is 6.09. The molecule has 172 valence electrons. The van der Waals surface area contributed by atoms with Crippen molar-refractivity contribution in [3.8, 4) is 0 Å². The lowest BCUT2D eigenvalue weighted by Gasteiger charge is -2.28. The van der Waals surface area contributed by atoms with Gasteiger partial charge < -0.3 is 25.8 Å². The molecule has 0 aliphatic carbocycles. The molecular formula is C22H27F2N5O3. The number of morpholine rings is 1. The predicted octanol–water partition coefficient (Wildman–Crippen LogP) is 1.83. The first-order chi connectivity index (χ1) is 15.3. The molecular weight excluding hydrogens is 420 g/mol. The molecule has 1 atom stereocenters. The molecule has 10 heteroatoms. The predicted molar refractivity (Wildman–Crippen MR) is 117 cm³/mol. The third kappa shape index (κ3) is 5.20. The Kier molecular flexibility index (Phi) is 7.37. The van der Waals surface area contributed by atoms with Gasteiger partial charge >= 0.3 is 0 Å². The molecule has 1 aromatic carbocycles. The Labute approximate surface area is 185 Å². The monoisotopic (exact) mass is 447 g/mol. The summed E-state index contributed by atoms with van der Waals surface area (Å²) < 4.78 is 33.1. The zero-order valence-electron chi connectivity index (χ0n) is 18.0. The molecule has 1 aromatic heterocycles. The molecule has 1 aliphatic heterocycles. The minimum atomic E-state index is -3.35. The van der Waals surface area contributed by atoms with Crippen molar-refractivity contribution < 1.29 is 23.4 Å². The van der Waals surface area contributed by atoms with E-state index in [1.54, 1.807) is 19.1 Å². The molecule has 0 saturated carbocycles. The number of nitrogens with one attached hydrogen (secondary N) is 1. The van der Waals surface area contributed by atoms with Gasteiger partial charge in [-0.2, -0.15) is 8.78 Å². The molecule has 0 bridgehead atoms. The molecule has 0 radical (unpaired) electrons. The number of hydrogen-bond acceptors (Lipinski definition) is 6. The summed E-state index contributed by atoms with van der Waals surface area (Å²) in [6.07, 6.45) is 1.45. The van der Waals surface area contributed by atoms with Crippen LogP contribution in [0.5, 0.6) is 0 Å². The van der Waals surface area contributed by atoms with Crippen LogP contribution < -0.4 is 16.0 Å². The number of amides is 1. The number of hydrogen-bond donors (Lipinski definition) is 3. The van der Waals surface area contributed by atoms with E-state index in [0.717, 1.165) is 0 Å². The van der Waals surface area contributed by atoms with E-state index >= 15 is 0 Å². The first-order valence-electron chi connectivity index (χ1n) is 10.2. The number of rotatable bonds is 7. The van der Waals surface area contributed by atoms with Gasteiger partial charge in [-0.1, -0.05) is 18.2 Å². The summed E-state index contributed by atoms with van der Waals surface area (Å²) in [6, 6.07) is 6.82. The number of anilines is 1. The summed E-state index contributed by atoms with van der Waals surface area (Å²) in [6.45, 7) is 2.89. The van der Waals surface area contributed by atoms with Crippen LogP contribution in [0.1, 0.15) is 40.0 Å². The van der Waals surface area contributed by atoms with Crippen LogP contribution in [0.2, 0.25) is 0 Å². The van der Waals surface area contributed by atoms with Gasteiger partial charge in [-0.05, 0) is 24.6 Å². The number of benzene rings is 1. The lowest BCUT2D eigenvalue weighted by Crippen LogP contribution is -2.37. The Bertz CT molecular complexity index is 993. The van der Waals surface area contributed by atoms with Crippen molar-refractivity contribution in [2.45, 2.75) is 18.9 Å². The number of ether oxygens (including phenoxy) is 1. The first-order valence-corrected chi connectivity index (χ1v) is 10.2. The highest BCUT2D eigenvalue weighted by atomic mass is 19.3. The molecule has 1 aliphatic rings. The highest BCUT2D eigenvalue weighted by Crippen LogP contribution is 2.30. The minimum absolute atomic E-state index is 0.0901. The molecule has 2 heterocycles. The molecule has 0 unspecified atom stereocenters. The van der Waals surface area contributed by atoms with Gasteiger partial charge in [0.1, 0.15) is 18.3 Å². The molecule has 8 nitrogen and oxygen atoms in total. The molecule has 2 aromatic rings. The summed E-state index contributed by atoms with van der Waals surface area (Å²) in [4.78, 5) is 23.3. The number of amidine groups is 1. The summed E-state index contributed by atoms with van der Waals surface area (Å²) in [5.74, 6) is -2.98. The molecule has 1 amide bonds. The second-order valence-electron chi connectivity index (χ2n) is 7.44. The Morgan fingerprint density at radius 3 is 2.72 bits per heavy atom. The van der Waals surface area contributed by atoms with Crippen molar-refractivity contribution in [1.29, 1.82) is 0 Å². The number of aliphatic hydroxyl groups is 1. The van der Waals surface area contributed by atoms with E-state index in [4.69, 9.17) is 15.6 Å². The third-order valence-electron chi connectivity index (χ3n) is 5.29. The SMILES string of the molecule is CNC(=O)c1cnc(N2CCOCC2)cc1C(N)=N[C@H](C)c1cccc(C(F)(F)CO)c1. The normalized spacial score (nSPS) is 16.0. The van der Waals surface area contributed by atoms with E-state index in [1.165, 1.54) is 31.4 Å². The quantitative estimate of drug-likeness (QED) is 0.441. The number of pyridine rings is 1. The van der Waals surface area contributed by atoms with Crippen LogP contribution in [-0.4, -0.2) is 61.8 Å². The van der Waals surface area contributed by atoms with Crippen molar-refractivity contribution in [3.63, 3.8) is 0 Å². The number of halogens is 2. The second kappa shape index (κ2) is 10.0. The Morgan fingerprint density at radius 1 is 1.34 bits per heavy atom. The number of alkyl halides is 2. The van der Waals surface area contributed by atoms with Gasteiger partial charge in [0.2, 0.25) is 0 Å². The van der Waals surface area contributed by atoms with Crippen LogP contribution in [0, 0.1) is 0 Å². The van der Waals surface area contributed by atoms with Crippen molar-refractivity contribution in [2.75, 3.05) is 44.9 Å². The van der Waals surface area contributed by atoms with Crippen molar-refractivity contribution in [2.24, 2.45) is 10.7 Å². The van der Waals surface area contributed by atoms with Crippen LogP contribution in [-0.2, 0) is 10.7 Å².